The van der Waals surface area contributed by atoms with Crippen LogP contribution in [0.5, 0.6) is 0 Å². The third-order valence-corrected chi connectivity index (χ3v) is 6.82. The van der Waals surface area contributed by atoms with Crippen molar-refractivity contribution in [2.45, 2.75) is 17.5 Å². The van der Waals surface area contributed by atoms with Gasteiger partial charge in [-0.05, 0) is 46.7 Å². The minimum absolute atomic E-state index is 0.132. The summed E-state index contributed by atoms with van der Waals surface area (Å²) in [5.41, 5.74) is 1.47. The molecule has 3 heterocycles. The number of rotatable bonds is 5. The molecule has 166 valence electrons. The van der Waals surface area contributed by atoms with Crippen LogP contribution in [-0.2, 0) is 12.3 Å². The van der Waals surface area contributed by atoms with Crippen molar-refractivity contribution in [3.63, 3.8) is 0 Å². The van der Waals surface area contributed by atoms with Crippen molar-refractivity contribution in [3.8, 4) is 0 Å². The summed E-state index contributed by atoms with van der Waals surface area (Å²) in [4.78, 5) is 30.4. The molecule has 0 atom stereocenters. The lowest BCUT2D eigenvalue weighted by Crippen LogP contribution is -2.23. The molecule has 6 aromatic rings. The average molecular weight is 467 g/mol. The van der Waals surface area contributed by atoms with Gasteiger partial charge in [0.25, 0.3) is 5.56 Å². The van der Waals surface area contributed by atoms with E-state index in [1.807, 2.05) is 60.7 Å². The molecule has 0 N–H and O–H groups in total. The Labute approximate surface area is 197 Å². The second-order valence-corrected chi connectivity index (χ2v) is 8.86. The zero-order valence-corrected chi connectivity index (χ0v) is 18.7. The van der Waals surface area contributed by atoms with E-state index in [9.17, 15) is 9.59 Å². The Morgan fingerprint density at radius 3 is 2.56 bits per heavy atom. The van der Waals surface area contributed by atoms with E-state index in [-0.39, 0.29) is 12.1 Å². The van der Waals surface area contributed by atoms with Gasteiger partial charge in [0.15, 0.2) is 5.16 Å². The van der Waals surface area contributed by atoms with Crippen molar-refractivity contribution >= 4 is 44.4 Å². The van der Waals surface area contributed by atoms with Gasteiger partial charge in [-0.25, -0.2) is 9.78 Å². The second kappa shape index (κ2) is 8.35. The molecule has 6 nitrogen and oxygen atoms in total. The summed E-state index contributed by atoms with van der Waals surface area (Å²) in [6.07, 6.45) is 1.59. The first kappa shape index (κ1) is 20.5. The number of nitrogens with zero attached hydrogens (tertiary/aromatic N) is 2. The maximum absolute atomic E-state index is 13.3. The van der Waals surface area contributed by atoms with E-state index in [2.05, 4.69) is 0 Å². The largest absolute Gasteiger partial charge is 0.467 e. The van der Waals surface area contributed by atoms with Gasteiger partial charge in [-0.1, -0.05) is 54.2 Å². The summed E-state index contributed by atoms with van der Waals surface area (Å²) in [5, 5.41) is 4.08. The summed E-state index contributed by atoms with van der Waals surface area (Å²) in [6, 6.07) is 24.2. The normalized spacial score (nSPS) is 11.5. The van der Waals surface area contributed by atoms with Gasteiger partial charge in [-0.3, -0.25) is 9.36 Å². The number of para-hydroxylation sites is 1. The van der Waals surface area contributed by atoms with Crippen LogP contribution in [0.15, 0.2) is 109 Å². The van der Waals surface area contributed by atoms with Crippen LogP contribution in [0.2, 0.25) is 0 Å². The first-order valence-corrected chi connectivity index (χ1v) is 11.8. The lowest BCUT2D eigenvalue weighted by atomic mass is 10.0. The van der Waals surface area contributed by atoms with Crippen molar-refractivity contribution in [3.05, 3.63) is 117 Å². The van der Waals surface area contributed by atoms with Gasteiger partial charge < -0.3 is 8.83 Å². The summed E-state index contributed by atoms with van der Waals surface area (Å²) in [5.74, 6) is 1.11. The van der Waals surface area contributed by atoms with Gasteiger partial charge in [0.1, 0.15) is 11.3 Å². The Hall–Kier alpha value is -4.10. The van der Waals surface area contributed by atoms with E-state index in [1.165, 1.54) is 17.8 Å². The highest BCUT2D eigenvalue weighted by Crippen LogP contribution is 2.31. The van der Waals surface area contributed by atoms with Gasteiger partial charge in [0.2, 0.25) is 0 Å². The van der Waals surface area contributed by atoms with E-state index in [0.29, 0.717) is 33.2 Å². The number of benzene rings is 3. The van der Waals surface area contributed by atoms with E-state index in [1.54, 1.807) is 23.0 Å². The molecule has 0 aliphatic heterocycles. The number of hydrogen-bond donors (Lipinski definition) is 0. The van der Waals surface area contributed by atoms with Crippen LogP contribution in [0.3, 0.4) is 0 Å². The third kappa shape index (κ3) is 3.60. The highest BCUT2D eigenvalue weighted by atomic mass is 32.2. The standard InChI is InChI=1S/C27H18N2O4S/c30-24-14-18(25-20-8-2-1-6-17(20)11-12-23(25)33-24)16-34-27-28-22-10-4-3-9-21(22)26(31)29(27)15-19-7-5-13-32-19/h1-14H,15-16H2. The molecular formula is C27H18N2O4S. The SMILES string of the molecule is O=c1cc(CSc2nc3ccccc3c(=O)n2Cc2ccco2)c2c(ccc3ccccc32)o1. The zero-order valence-electron chi connectivity index (χ0n) is 17.9. The Morgan fingerprint density at radius 1 is 0.882 bits per heavy atom. The van der Waals surface area contributed by atoms with Gasteiger partial charge >= 0.3 is 5.63 Å². The van der Waals surface area contributed by atoms with Crippen LogP contribution >= 0.6 is 11.8 Å². The van der Waals surface area contributed by atoms with E-state index in [0.717, 1.165) is 21.7 Å². The molecule has 0 aliphatic carbocycles. The smallest absolute Gasteiger partial charge is 0.336 e. The lowest BCUT2D eigenvalue weighted by Gasteiger charge is -2.13. The van der Waals surface area contributed by atoms with Crippen molar-refractivity contribution in [1.82, 2.24) is 9.55 Å². The van der Waals surface area contributed by atoms with Crippen molar-refractivity contribution in [1.29, 1.82) is 0 Å². The van der Waals surface area contributed by atoms with E-state index >= 15 is 0 Å². The molecular weight excluding hydrogens is 448 g/mol. The molecule has 0 saturated carbocycles. The Bertz CT molecular complexity index is 1790. The fourth-order valence-corrected chi connectivity index (χ4v) is 5.21. The summed E-state index contributed by atoms with van der Waals surface area (Å²) in [7, 11) is 0. The van der Waals surface area contributed by atoms with Gasteiger partial charge in [-0.2, -0.15) is 0 Å². The molecule has 0 bridgehead atoms. The Morgan fingerprint density at radius 2 is 1.71 bits per heavy atom. The van der Waals surface area contributed by atoms with Crippen LogP contribution < -0.4 is 11.2 Å². The summed E-state index contributed by atoms with van der Waals surface area (Å²) < 4.78 is 12.6. The van der Waals surface area contributed by atoms with Crippen LogP contribution in [0, 0.1) is 0 Å². The monoisotopic (exact) mass is 466 g/mol. The van der Waals surface area contributed by atoms with E-state index in [4.69, 9.17) is 13.8 Å². The lowest BCUT2D eigenvalue weighted by molar-refractivity contribution is 0.476. The van der Waals surface area contributed by atoms with Gasteiger partial charge in [-0.15, -0.1) is 0 Å². The molecule has 0 amide bonds. The fraction of sp³-hybridized carbons (Fsp3) is 0.0741. The first-order chi connectivity index (χ1) is 16.7. The number of furan rings is 1. The molecule has 0 unspecified atom stereocenters. The van der Waals surface area contributed by atoms with Crippen LogP contribution in [0.4, 0.5) is 0 Å². The molecule has 3 aromatic carbocycles. The molecule has 34 heavy (non-hydrogen) atoms. The van der Waals surface area contributed by atoms with Gasteiger partial charge in [0.05, 0.1) is 23.7 Å². The maximum atomic E-state index is 13.3. The second-order valence-electron chi connectivity index (χ2n) is 7.92. The fourth-order valence-electron chi connectivity index (χ4n) is 4.23. The molecule has 7 heteroatoms. The Kier molecular flexibility index (Phi) is 5.04. The van der Waals surface area contributed by atoms with Crippen molar-refractivity contribution in [2.24, 2.45) is 0 Å². The van der Waals surface area contributed by atoms with Crippen LogP contribution in [-0.4, -0.2) is 9.55 Å². The van der Waals surface area contributed by atoms with E-state index < -0.39 is 5.63 Å². The number of fused-ring (bicyclic) bond motifs is 4. The summed E-state index contributed by atoms with van der Waals surface area (Å²) >= 11 is 1.41. The molecule has 0 fully saturated rings. The van der Waals surface area contributed by atoms with Crippen molar-refractivity contribution in [2.75, 3.05) is 0 Å². The number of thioether (sulfide) groups is 1. The molecule has 0 saturated heterocycles. The quantitative estimate of drug-likeness (QED) is 0.143. The zero-order chi connectivity index (χ0) is 23.1. The van der Waals surface area contributed by atoms with Crippen LogP contribution in [0.25, 0.3) is 32.6 Å². The molecule has 0 aliphatic rings. The summed E-state index contributed by atoms with van der Waals surface area (Å²) in [6.45, 7) is 0.270. The van der Waals surface area contributed by atoms with Crippen LogP contribution in [0.1, 0.15) is 11.3 Å². The topological polar surface area (TPSA) is 78.2 Å². The minimum atomic E-state index is -0.405. The highest BCUT2D eigenvalue weighted by Gasteiger charge is 2.15. The number of hydrogen-bond acceptors (Lipinski definition) is 6. The van der Waals surface area contributed by atoms with Gasteiger partial charge in [0, 0.05) is 17.2 Å². The molecule has 6 rings (SSSR count). The highest BCUT2D eigenvalue weighted by molar-refractivity contribution is 7.98. The molecule has 3 aromatic heterocycles. The molecule has 0 radical (unpaired) electrons. The molecule has 0 spiro atoms. The third-order valence-electron chi connectivity index (χ3n) is 5.79. The first-order valence-electron chi connectivity index (χ1n) is 10.8. The number of aromatic nitrogens is 2. The minimum Gasteiger partial charge on any atom is -0.467 e. The van der Waals surface area contributed by atoms with Crippen molar-refractivity contribution < 1.29 is 8.83 Å². The maximum Gasteiger partial charge on any atom is 0.336 e. The Balaban J connectivity index is 1.48. The predicted octanol–water partition coefficient (Wildman–Crippen LogP) is 5.59. The predicted molar refractivity (Wildman–Crippen MR) is 133 cm³/mol. The average Bonchev–Trinajstić information content (AvgIpc) is 3.37.